The van der Waals surface area contributed by atoms with E-state index in [0.717, 1.165) is 6.07 Å². The van der Waals surface area contributed by atoms with E-state index >= 15 is 0 Å². The number of hydrogen-bond acceptors (Lipinski definition) is 7. The Bertz CT molecular complexity index is 1310. The molecule has 198 valence electrons. The van der Waals surface area contributed by atoms with Crippen molar-refractivity contribution in [3.8, 4) is 11.5 Å². The molecule has 1 atom stereocenters. The van der Waals surface area contributed by atoms with Gasteiger partial charge in [0.25, 0.3) is 0 Å². The number of hydrogen-bond donors (Lipinski definition) is 2. The molecular formula is C26H29ClF2N4O4. The summed E-state index contributed by atoms with van der Waals surface area (Å²) in [4.78, 5) is 22.4. The Hall–Kier alpha value is -3.24. The van der Waals surface area contributed by atoms with Gasteiger partial charge in [-0.25, -0.2) is 18.7 Å². The standard InChI is InChI=1S/C26H29ClF2N4O4/c1-26(2,3)23(25(34)35)33-9-7-14(8-10-33)37-20-11-15-18(12-19(20)36-4)30-13-31-24(15)32-17-6-5-16(28)21(27)22(17)29/h5-6,11-14,23H,7-10H2,1-4H3,(H,34,35)(H,30,31,32). The highest BCUT2D eigenvalue weighted by molar-refractivity contribution is 6.31. The van der Waals surface area contributed by atoms with Crippen LogP contribution in [0.1, 0.15) is 33.6 Å². The number of carbonyl (C=O) groups is 1. The smallest absolute Gasteiger partial charge is 0.321 e. The zero-order chi connectivity index (χ0) is 26.9. The van der Waals surface area contributed by atoms with E-state index in [4.69, 9.17) is 21.1 Å². The van der Waals surface area contributed by atoms with Crippen LogP contribution in [-0.2, 0) is 4.79 Å². The summed E-state index contributed by atoms with van der Waals surface area (Å²) >= 11 is 5.72. The molecular weight excluding hydrogens is 506 g/mol. The summed E-state index contributed by atoms with van der Waals surface area (Å²) in [5.74, 6) is -1.42. The second kappa shape index (κ2) is 10.6. The number of nitrogens with one attached hydrogen (secondary N) is 1. The van der Waals surface area contributed by atoms with Gasteiger partial charge in [-0.1, -0.05) is 32.4 Å². The molecule has 0 bridgehead atoms. The minimum Gasteiger partial charge on any atom is -0.493 e. The Balaban J connectivity index is 1.58. The number of halogens is 3. The second-order valence-electron chi connectivity index (χ2n) is 10.1. The van der Waals surface area contributed by atoms with Gasteiger partial charge in [0.1, 0.15) is 35.1 Å². The van der Waals surface area contributed by atoms with Crippen LogP contribution in [0.3, 0.4) is 0 Å². The quantitative estimate of drug-likeness (QED) is 0.375. The molecule has 1 saturated heterocycles. The average molecular weight is 535 g/mol. The Morgan fingerprint density at radius 1 is 1.19 bits per heavy atom. The van der Waals surface area contributed by atoms with Crippen molar-refractivity contribution in [2.45, 2.75) is 45.8 Å². The largest absolute Gasteiger partial charge is 0.493 e. The van der Waals surface area contributed by atoms with Crippen LogP contribution < -0.4 is 14.8 Å². The molecule has 2 heterocycles. The Labute approximate surface area is 218 Å². The molecule has 0 amide bonds. The first-order valence-corrected chi connectivity index (χ1v) is 12.2. The molecule has 1 aromatic heterocycles. The van der Waals surface area contributed by atoms with Gasteiger partial charge in [-0.2, -0.15) is 0 Å². The van der Waals surface area contributed by atoms with E-state index in [0.29, 0.717) is 48.3 Å². The molecule has 1 fully saturated rings. The van der Waals surface area contributed by atoms with E-state index in [2.05, 4.69) is 15.3 Å². The number of methoxy groups -OCH3 is 1. The van der Waals surface area contributed by atoms with Crippen molar-refractivity contribution in [1.82, 2.24) is 14.9 Å². The highest BCUT2D eigenvalue weighted by atomic mass is 35.5. The normalized spacial score (nSPS) is 16.0. The van der Waals surface area contributed by atoms with Crippen LogP contribution >= 0.6 is 11.6 Å². The molecule has 2 aromatic carbocycles. The fourth-order valence-electron chi connectivity index (χ4n) is 4.67. The number of aliphatic carboxylic acids is 1. The Kier molecular flexibility index (Phi) is 7.70. The highest BCUT2D eigenvalue weighted by Gasteiger charge is 2.38. The van der Waals surface area contributed by atoms with Crippen molar-refractivity contribution < 1.29 is 28.2 Å². The van der Waals surface area contributed by atoms with E-state index in [1.165, 1.54) is 19.5 Å². The van der Waals surface area contributed by atoms with E-state index in [1.54, 1.807) is 12.1 Å². The van der Waals surface area contributed by atoms with Crippen LogP contribution in [0.15, 0.2) is 30.6 Å². The molecule has 0 spiro atoms. The van der Waals surface area contributed by atoms with Gasteiger partial charge >= 0.3 is 5.97 Å². The summed E-state index contributed by atoms with van der Waals surface area (Å²) in [6.07, 6.45) is 2.43. The predicted molar refractivity (Wildman–Crippen MR) is 137 cm³/mol. The van der Waals surface area contributed by atoms with Crippen molar-refractivity contribution in [2.24, 2.45) is 5.41 Å². The van der Waals surface area contributed by atoms with Gasteiger partial charge in [0.2, 0.25) is 0 Å². The van der Waals surface area contributed by atoms with E-state index in [9.17, 15) is 18.7 Å². The number of aromatic nitrogens is 2. The second-order valence-corrected chi connectivity index (χ2v) is 10.4. The maximum absolute atomic E-state index is 14.5. The third kappa shape index (κ3) is 5.70. The van der Waals surface area contributed by atoms with Crippen molar-refractivity contribution >= 4 is 40.0 Å². The van der Waals surface area contributed by atoms with Crippen LogP contribution in [0, 0.1) is 17.0 Å². The number of carboxylic acids is 1. The first-order chi connectivity index (χ1) is 17.5. The average Bonchev–Trinajstić information content (AvgIpc) is 2.84. The number of piperidine rings is 1. The number of nitrogens with zero attached hydrogens (tertiary/aromatic N) is 3. The lowest BCUT2D eigenvalue weighted by Gasteiger charge is -2.41. The number of benzene rings is 2. The molecule has 37 heavy (non-hydrogen) atoms. The summed E-state index contributed by atoms with van der Waals surface area (Å²) in [6.45, 7) is 6.93. The lowest BCUT2D eigenvalue weighted by Crippen LogP contribution is -2.53. The van der Waals surface area contributed by atoms with Gasteiger partial charge in [0.15, 0.2) is 17.3 Å². The van der Waals surface area contributed by atoms with Crippen LogP contribution in [0.25, 0.3) is 10.9 Å². The number of ether oxygens (including phenoxy) is 2. The van der Waals surface area contributed by atoms with Crippen molar-refractivity contribution in [2.75, 3.05) is 25.5 Å². The van der Waals surface area contributed by atoms with E-state index < -0.39 is 34.1 Å². The minimum atomic E-state index is -0.930. The molecule has 0 saturated carbocycles. The SMILES string of the molecule is COc1cc2ncnc(Nc3ccc(F)c(Cl)c3F)c2cc1OC1CCN(C(C(=O)O)C(C)(C)C)CC1. The van der Waals surface area contributed by atoms with Gasteiger partial charge in [-0.3, -0.25) is 9.69 Å². The first-order valence-electron chi connectivity index (χ1n) is 11.9. The van der Waals surface area contributed by atoms with Crippen molar-refractivity contribution in [1.29, 1.82) is 0 Å². The zero-order valence-corrected chi connectivity index (χ0v) is 21.8. The van der Waals surface area contributed by atoms with Gasteiger partial charge in [0.05, 0.1) is 18.3 Å². The van der Waals surface area contributed by atoms with Crippen LogP contribution in [0.5, 0.6) is 11.5 Å². The molecule has 11 heteroatoms. The molecule has 0 aliphatic carbocycles. The molecule has 1 aliphatic rings. The number of likely N-dealkylation sites (tertiary alicyclic amines) is 1. The summed E-state index contributed by atoms with van der Waals surface area (Å²) < 4.78 is 39.9. The summed E-state index contributed by atoms with van der Waals surface area (Å²) in [5.41, 5.74) is 0.0853. The fraction of sp³-hybridized carbons (Fsp3) is 0.423. The number of carboxylic acid groups (broad SMARTS) is 1. The van der Waals surface area contributed by atoms with Crippen LogP contribution in [0.4, 0.5) is 20.3 Å². The van der Waals surface area contributed by atoms with Gasteiger partial charge in [-0.05, 0) is 36.5 Å². The third-order valence-corrected chi connectivity index (χ3v) is 6.75. The van der Waals surface area contributed by atoms with Crippen LogP contribution in [0.2, 0.25) is 5.02 Å². The van der Waals surface area contributed by atoms with E-state index in [-0.39, 0.29) is 17.6 Å². The van der Waals surface area contributed by atoms with Gasteiger partial charge in [0, 0.05) is 24.5 Å². The van der Waals surface area contributed by atoms with Crippen molar-refractivity contribution in [3.63, 3.8) is 0 Å². The topological polar surface area (TPSA) is 96.8 Å². The predicted octanol–water partition coefficient (Wildman–Crippen LogP) is 5.66. The summed E-state index contributed by atoms with van der Waals surface area (Å²) in [6, 6.07) is 5.12. The number of rotatable bonds is 7. The lowest BCUT2D eigenvalue weighted by molar-refractivity contribution is -0.148. The summed E-state index contributed by atoms with van der Waals surface area (Å²) in [7, 11) is 1.52. The van der Waals surface area contributed by atoms with E-state index in [1.807, 2.05) is 25.7 Å². The first kappa shape index (κ1) is 26.8. The minimum absolute atomic E-state index is 0.0381. The summed E-state index contributed by atoms with van der Waals surface area (Å²) in [5, 5.41) is 12.5. The van der Waals surface area contributed by atoms with Gasteiger partial charge < -0.3 is 19.9 Å². The zero-order valence-electron chi connectivity index (χ0n) is 21.0. The molecule has 8 nitrogen and oxygen atoms in total. The Morgan fingerprint density at radius 3 is 2.51 bits per heavy atom. The maximum Gasteiger partial charge on any atom is 0.321 e. The molecule has 1 aliphatic heterocycles. The Morgan fingerprint density at radius 2 is 1.89 bits per heavy atom. The molecule has 3 aromatic rings. The third-order valence-electron chi connectivity index (χ3n) is 6.40. The molecule has 0 radical (unpaired) electrons. The molecule has 1 unspecified atom stereocenters. The maximum atomic E-state index is 14.5. The highest BCUT2D eigenvalue weighted by Crippen LogP contribution is 2.37. The lowest BCUT2D eigenvalue weighted by atomic mass is 9.84. The number of anilines is 2. The molecule has 2 N–H and O–H groups in total. The fourth-order valence-corrected chi connectivity index (χ4v) is 4.84. The van der Waals surface area contributed by atoms with Gasteiger partial charge in [-0.15, -0.1) is 0 Å². The molecule has 4 rings (SSSR count). The van der Waals surface area contributed by atoms with Crippen molar-refractivity contribution in [3.05, 3.63) is 47.2 Å². The number of fused-ring (bicyclic) bond motifs is 1. The van der Waals surface area contributed by atoms with Crippen LogP contribution in [-0.4, -0.2) is 58.3 Å². The monoisotopic (exact) mass is 534 g/mol.